The molecule has 0 radical (unpaired) electrons. The van der Waals surface area contributed by atoms with Gasteiger partial charge in [-0.15, -0.1) is 0 Å². The molecule has 1 unspecified atom stereocenters. The Kier molecular flexibility index (Phi) is 3.36. The van der Waals surface area contributed by atoms with Crippen LogP contribution in [0.3, 0.4) is 0 Å². The van der Waals surface area contributed by atoms with Crippen LogP contribution in [0, 0.1) is 17.5 Å². The van der Waals surface area contributed by atoms with Crippen LogP contribution in [0.25, 0.3) is 0 Å². The van der Waals surface area contributed by atoms with E-state index in [1.54, 1.807) is 0 Å². The Bertz CT molecular complexity index is 424. The maximum atomic E-state index is 13.1. The van der Waals surface area contributed by atoms with E-state index in [1.807, 2.05) is 0 Å². The highest BCUT2D eigenvalue weighted by atomic mass is 19.2. The van der Waals surface area contributed by atoms with Crippen molar-refractivity contribution in [1.29, 1.82) is 0 Å². The molecule has 1 aromatic rings. The van der Waals surface area contributed by atoms with E-state index in [4.69, 9.17) is 0 Å². The summed E-state index contributed by atoms with van der Waals surface area (Å²) in [5, 5.41) is 2.67. The van der Waals surface area contributed by atoms with E-state index in [-0.39, 0.29) is 11.5 Å². The Morgan fingerprint density at radius 3 is 2.41 bits per heavy atom. The summed E-state index contributed by atoms with van der Waals surface area (Å²) >= 11 is 0. The number of halogens is 3. The Morgan fingerprint density at radius 1 is 1.12 bits per heavy atom. The molecule has 1 aromatic carbocycles. The first-order valence-electron chi connectivity index (χ1n) is 5.51. The standard InChI is InChI=1S/C12H12F3NO/c13-8-5-7(6-9(14)12(8)15)10-3-1-2-4-11(17)16-10/h5-6,10H,1-4H2,(H,16,17). The molecule has 0 spiro atoms. The molecule has 1 saturated heterocycles. The number of benzene rings is 1. The maximum Gasteiger partial charge on any atom is 0.220 e. The minimum atomic E-state index is -1.48. The zero-order valence-corrected chi connectivity index (χ0v) is 9.10. The third kappa shape index (κ3) is 2.60. The van der Waals surface area contributed by atoms with Crippen molar-refractivity contribution < 1.29 is 18.0 Å². The predicted molar refractivity (Wildman–Crippen MR) is 55.7 cm³/mol. The van der Waals surface area contributed by atoms with E-state index in [9.17, 15) is 18.0 Å². The van der Waals surface area contributed by atoms with Crippen LogP contribution in [0.1, 0.15) is 37.3 Å². The van der Waals surface area contributed by atoms with Crippen molar-refractivity contribution in [2.24, 2.45) is 0 Å². The van der Waals surface area contributed by atoms with Crippen LogP contribution >= 0.6 is 0 Å². The van der Waals surface area contributed by atoms with E-state index in [0.717, 1.165) is 25.0 Å². The Labute approximate surface area is 96.8 Å². The number of carbonyl (C=O) groups excluding carboxylic acids is 1. The first-order chi connectivity index (χ1) is 8.08. The molecular formula is C12H12F3NO. The van der Waals surface area contributed by atoms with Crippen LogP contribution < -0.4 is 5.32 Å². The molecule has 0 saturated carbocycles. The second kappa shape index (κ2) is 4.77. The topological polar surface area (TPSA) is 29.1 Å². The first kappa shape index (κ1) is 12.0. The molecule has 92 valence electrons. The zero-order chi connectivity index (χ0) is 12.4. The zero-order valence-electron chi connectivity index (χ0n) is 9.10. The minimum absolute atomic E-state index is 0.141. The largest absolute Gasteiger partial charge is 0.349 e. The van der Waals surface area contributed by atoms with E-state index in [0.29, 0.717) is 12.8 Å². The van der Waals surface area contributed by atoms with Crippen LogP contribution in [0.4, 0.5) is 13.2 Å². The molecule has 0 aliphatic carbocycles. The van der Waals surface area contributed by atoms with Gasteiger partial charge in [0.1, 0.15) is 0 Å². The molecule has 17 heavy (non-hydrogen) atoms. The van der Waals surface area contributed by atoms with Crippen molar-refractivity contribution >= 4 is 5.91 Å². The van der Waals surface area contributed by atoms with Crippen molar-refractivity contribution in [3.8, 4) is 0 Å². The second-order valence-corrected chi connectivity index (χ2v) is 4.16. The lowest BCUT2D eigenvalue weighted by atomic mass is 10.0. The van der Waals surface area contributed by atoms with Gasteiger partial charge < -0.3 is 5.32 Å². The quantitative estimate of drug-likeness (QED) is 0.755. The molecule has 1 fully saturated rings. The molecule has 1 amide bonds. The number of amides is 1. The van der Waals surface area contributed by atoms with E-state index < -0.39 is 23.5 Å². The summed E-state index contributed by atoms with van der Waals surface area (Å²) < 4.78 is 38.9. The summed E-state index contributed by atoms with van der Waals surface area (Å²) in [6, 6.07) is 1.44. The normalized spacial score (nSPS) is 20.9. The molecule has 1 aliphatic heterocycles. The number of hydrogen-bond acceptors (Lipinski definition) is 1. The molecule has 1 heterocycles. The fourth-order valence-corrected chi connectivity index (χ4v) is 2.00. The van der Waals surface area contributed by atoms with E-state index in [2.05, 4.69) is 5.32 Å². The van der Waals surface area contributed by atoms with Crippen molar-refractivity contribution in [3.63, 3.8) is 0 Å². The lowest BCUT2D eigenvalue weighted by Crippen LogP contribution is -2.26. The lowest BCUT2D eigenvalue weighted by molar-refractivity contribution is -0.121. The molecule has 0 bridgehead atoms. The van der Waals surface area contributed by atoms with Gasteiger partial charge in [-0.3, -0.25) is 4.79 Å². The Hall–Kier alpha value is -1.52. The van der Waals surface area contributed by atoms with Gasteiger partial charge in [-0.2, -0.15) is 0 Å². The van der Waals surface area contributed by atoms with Gasteiger partial charge in [-0.25, -0.2) is 13.2 Å². The lowest BCUT2D eigenvalue weighted by Gasteiger charge is -2.16. The first-order valence-corrected chi connectivity index (χ1v) is 5.51. The highest BCUT2D eigenvalue weighted by Crippen LogP contribution is 2.25. The fourth-order valence-electron chi connectivity index (χ4n) is 2.00. The van der Waals surface area contributed by atoms with Gasteiger partial charge in [0, 0.05) is 6.42 Å². The van der Waals surface area contributed by atoms with Crippen molar-refractivity contribution in [2.45, 2.75) is 31.7 Å². The second-order valence-electron chi connectivity index (χ2n) is 4.16. The van der Waals surface area contributed by atoms with Gasteiger partial charge in [0.15, 0.2) is 17.5 Å². The van der Waals surface area contributed by atoms with Crippen LogP contribution in [-0.4, -0.2) is 5.91 Å². The third-order valence-electron chi connectivity index (χ3n) is 2.89. The Morgan fingerprint density at radius 2 is 1.76 bits per heavy atom. The van der Waals surface area contributed by atoms with E-state index in [1.165, 1.54) is 0 Å². The highest BCUT2D eigenvalue weighted by molar-refractivity contribution is 5.76. The van der Waals surface area contributed by atoms with Gasteiger partial charge in [0.25, 0.3) is 0 Å². The molecular weight excluding hydrogens is 231 g/mol. The maximum absolute atomic E-state index is 13.1. The summed E-state index contributed by atoms with van der Waals surface area (Å²) in [6.07, 6.45) is 2.58. The van der Waals surface area contributed by atoms with Crippen LogP contribution in [-0.2, 0) is 4.79 Å². The summed E-state index contributed by atoms with van der Waals surface area (Å²) in [6.45, 7) is 0. The van der Waals surface area contributed by atoms with Gasteiger partial charge in [-0.1, -0.05) is 6.42 Å². The number of carbonyl (C=O) groups is 1. The van der Waals surface area contributed by atoms with Crippen molar-refractivity contribution in [2.75, 3.05) is 0 Å². The molecule has 2 rings (SSSR count). The summed E-state index contributed by atoms with van der Waals surface area (Å²) in [5.41, 5.74) is 0.275. The third-order valence-corrected chi connectivity index (χ3v) is 2.89. The fraction of sp³-hybridized carbons (Fsp3) is 0.417. The molecule has 1 atom stereocenters. The predicted octanol–water partition coefficient (Wildman–Crippen LogP) is 2.84. The minimum Gasteiger partial charge on any atom is -0.349 e. The van der Waals surface area contributed by atoms with Crippen LogP contribution in [0.2, 0.25) is 0 Å². The van der Waals surface area contributed by atoms with Gasteiger partial charge in [0.05, 0.1) is 6.04 Å². The van der Waals surface area contributed by atoms with Gasteiger partial charge in [0.2, 0.25) is 5.91 Å². The molecule has 5 heteroatoms. The summed E-state index contributed by atoms with van der Waals surface area (Å²) in [7, 11) is 0. The molecule has 1 aliphatic rings. The van der Waals surface area contributed by atoms with Crippen molar-refractivity contribution in [1.82, 2.24) is 5.32 Å². The smallest absolute Gasteiger partial charge is 0.220 e. The average Bonchev–Trinajstić information content (AvgIpc) is 2.50. The number of hydrogen-bond donors (Lipinski definition) is 1. The summed E-state index contributed by atoms with van der Waals surface area (Å²) in [4.78, 5) is 11.3. The van der Waals surface area contributed by atoms with E-state index >= 15 is 0 Å². The average molecular weight is 243 g/mol. The highest BCUT2D eigenvalue weighted by Gasteiger charge is 2.21. The molecule has 2 nitrogen and oxygen atoms in total. The monoisotopic (exact) mass is 243 g/mol. The van der Waals surface area contributed by atoms with Crippen molar-refractivity contribution in [3.05, 3.63) is 35.1 Å². The molecule has 0 aromatic heterocycles. The van der Waals surface area contributed by atoms with Crippen LogP contribution in [0.5, 0.6) is 0 Å². The number of rotatable bonds is 1. The number of nitrogens with one attached hydrogen (secondary N) is 1. The Balaban J connectivity index is 2.29. The van der Waals surface area contributed by atoms with Gasteiger partial charge >= 0.3 is 0 Å². The van der Waals surface area contributed by atoms with Gasteiger partial charge in [-0.05, 0) is 30.5 Å². The SMILES string of the molecule is O=C1CCCCC(c2cc(F)c(F)c(F)c2)N1. The summed E-state index contributed by atoms with van der Waals surface area (Å²) in [5.74, 6) is -4.07. The van der Waals surface area contributed by atoms with Crippen LogP contribution in [0.15, 0.2) is 12.1 Å². The molecule has 1 N–H and O–H groups in total.